The van der Waals surface area contributed by atoms with Crippen LogP contribution in [-0.2, 0) is 0 Å². The van der Waals surface area contributed by atoms with E-state index < -0.39 is 0 Å². The number of nitrogens with one attached hydrogen (secondary N) is 1. The Morgan fingerprint density at radius 1 is 1.12 bits per heavy atom. The molecule has 0 amide bonds. The Balaban J connectivity index is 2.18. The Labute approximate surface area is 115 Å². The van der Waals surface area contributed by atoms with Gasteiger partial charge in [-0.05, 0) is 46.6 Å². The average Bonchev–Trinajstić information content (AvgIpc) is 2.35. The van der Waals surface area contributed by atoms with Crippen LogP contribution in [0.3, 0.4) is 0 Å². The van der Waals surface area contributed by atoms with E-state index in [4.69, 9.17) is 11.6 Å². The smallest absolute Gasteiger partial charge is 0.0504 e. The Bertz CT molecular complexity index is 499. The zero-order chi connectivity index (χ0) is 12.3. The molecular weight excluding hydrogens is 298 g/mol. The lowest BCUT2D eigenvalue weighted by molar-refractivity contribution is 0.884. The summed E-state index contributed by atoms with van der Waals surface area (Å²) in [6.07, 6.45) is 0. The molecule has 0 aliphatic heterocycles. The van der Waals surface area contributed by atoms with Gasteiger partial charge < -0.3 is 5.32 Å². The summed E-state index contributed by atoms with van der Waals surface area (Å²) in [5, 5.41) is 4.17. The summed E-state index contributed by atoms with van der Waals surface area (Å²) >= 11 is 9.50. The van der Waals surface area contributed by atoms with Crippen LogP contribution in [0, 0.1) is 0 Å². The molecule has 2 aromatic carbocycles. The minimum atomic E-state index is 0.242. The lowest BCUT2D eigenvalue weighted by Gasteiger charge is -2.17. The van der Waals surface area contributed by atoms with Crippen LogP contribution < -0.4 is 5.32 Å². The van der Waals surface area contributed by atoms with Gasteiger partial charge in [-0.3, -0.25) is 0 Å². The molecule has 1 nitrogen and oxygen atoms in total. The maximum atomic E-state index is 5.99. The summed E-state index contributed by atoms with van der Waals surface area (Å²) in [6.45, 7) is 2.13. The van der Waals surface area contributed by atoms with E-state index in [0.717, 1.165) is 15.2 Å². The number of rotatable bonds is 3. The van der Waals surface area contributed by atoms with Crippen LogP contribution in [0.25, 0.3) is 0 Å². The molecule has 0 saturated heterocycles. The van der Waals surface area contributed by atoms with Crippen LogP contribution in [0.2, 0.25) is 5.02 Å². The minimum absolute atomic E-state index is 0.242. The summed E-state index contributed by atoms with van der Waals surface area (Å²) in [5.74, 6) is 0. The monoisotopic (exact) mass is 309 g/mol. The van der Waals surface area contributed by atoms with E-state index in [1.807, 2.05) is 36.4 Å². The Hall–Kier alpha value is -0.990. The highest BCUT2D eigenvalue weighted by molar-refractivity contribution is 9.10. The van der Waals surface area contributed by atoms with Crippen molar-refractivity contribution < 1.29 is 0 Å². The number of hydrogen-bond donors (Lipinski definition) is 1. The Kier molecular flexibility index (Phi) is 4.08. The number of anilines is 1. The number of benzene rings is 2. The van der Waals surface area contributed by atoms with E-state index in [9.17, 15) is 0 Å². The normalized spacial score (nSPS) is 12.2. The van der Waals surface area contributed by atoms with Gasteiger partial charge in [0.15, 0.2) is 0 Å². The highest BCUT2D eigenvalue weighted by atomic mass is 79.9. The van der Waals surface area contributed by atoms with Crippen molar-refractivity contribution in [3.8, 4) is 0 Å². The van der Waals surface area contributed by atoms with Gasteiger partial charge in [0.1, 0.15) is 0 Å². The highest BCUT2D eigenvalue weighted by Crippen LogP contribution is 2.29. The van der Waals surface area contributed by atoms with Crippen LogP contribution >= 0.6 is 27.5 Å². The quantitative estimate of drug-likeness (QED) is 0.813. The predicted molar refractivity (Wildman–Crippen MR) is 77.6 cm³/mol. The molecule has 0 saturated carbocycles. The zero-order valence-corrected chi connectivity index (χ0v) is 11.8. The Morgan fingerprint density at radius 3 is 2.53 bits per heavy atom. The molecule has 2 rings (SSSR count). The average molecular weight is 311 g/mol. The van der Waals surface area contributed by atoms with Crippen LogP contribution in [0.4, 0.5) is 5.69 Å². The number of halogens is 2. The van der Waals surface area contributed by atoms with Gasteiger partial charge in [0.2, 0.25) is 0 Å². The molecule has 0 aliphatic rings. The molecule has 88 valence electrons. The molecule has 1 N–H and O–H groups in total. The van der Waals surface area contributed by atoms with Crippen molar-refractivity contribution in [1.29, 1.82) is 0 Å². The van der Waals surface area contributed by atoms with E-state index in [1.165, 1.54) is 5.56 Å². The van der Waals surface area contributed by atoms with Crippen molar-refractivity contribution in [3.05, 3.63) is 63.6 Å². The van der Waals surface area contributed by atoms with Crippen LogP contribution in [0.5, 0.6) is 0 Å². The lowest BCUT2D eigenvalue weighted by Crippen LogP contribution is -2.06. The van der Waals surface area contributed by atoms with E-state index in [-0.39, 0.29) is 6.04 Å². The maximum absolute atomic E-state index is 5.99. The molecule has 0 aliphatic carbocycles. The molecule has 0 bridgehead atoms. The fourth-order valence-corrected chi connectivity index (χ4v) is 2.20. The van der Waals surface area contributed by atoms with Crippen molar-refractivity contribution in [3.63, 3.8) is 0 Å². The molecule has 0 heterocycles. The minimum Gasteiger partial charge on any atom is -0.378 e. The lowest BCUT2D eigenvalue weighted by atomic mass is 10.1. The third kappa shape index (κ3) is 3.24. The third-order valence-electron chi connectivity index (χ3n) is 2.60. The number of hydrogen-bond acceptors (Lipinski definition) is 1. The van der Waals surface area contributed by atoms with Crippen molar-refractivity contribution in [1.82, 2.24) is 0 Å². The van der Waals surface area contributed by atoms with Gasteiger partial charge >= 0.3 is 0 Å². The second kappa shape index (κ2) is 5.56. The second-order valence-electron chi connectivity index (χ2n) is 3.90. The van der Waals surface area contributed by atoms with Crippen LogP contribution in [-0.4, -0.2) is 0 Å². The van der Waals surface area contributed by atoms with Crippen molar-refractivity contribution >= 4 is 33.2 Å². The van der Waals surface area contributed by atoms with Crippen molar-refractivity contribution in [2.45, 2.75) is 13.0 Å². The van der Waals surface area contributed by atoms with Gasteiger partial charge in [-0.15, -0.1) is 0 Å². The first kappa shape index (κ1) is 12.5. The van der Waals surface area contributed by atoms with E-state index in [1.54, 1.807) is 0 Å². The standard InChI is InChI=1S/C14H13BrClN/c1-10(11-5-3-2-4-6-11)17-14-9-12(16)7-8-13(14)15/h2-10,17H,1H3. The van der Waals surface area contributed by atoms with E-state index in [2.05, 4.69) is 40.3 Å². The molecule has 3 heteroatoms. The van der Waals surface area contributed by atoms with Gasteiger partial charge in [-0.1, -0.05) is 41.9 Å². The maximum Gasteiger partial charge on any atom is 0.0504 e. The molecule has 0 fully saturated rings. The SMILES string of the molecule is CC(Nc1cc(Cl)ccc1Br)c1ccccc1. The van der Waals surface area contributed by atoms with Gasteiger partial charge in [0.05, 0.1) is 5.69 Å². The fourth-order valence-electron chi connectivity index (χ4n) is 1.67. The molecule has 1 atom stereocenters. The fraction of sp³-hybridized carbons (Fsp3) is 0.143. The summed E-state index contributed by atoms with van der Waals surface area (Å²) in [4.78, 5) is 0. The summed E-state index contributed by atoms with van der Waals surface area (Å²) in [7, 11) is 0. The van der Waals surface area contributed by atoms with E-state index in [0.29, 0.717) is 0 Å². The largest absolute Gasteiger partial charge is 0.378 e. The Morgan fingerprint density at radius 2 is 1.82 bits per heavy atom. The molecular formula is C14H13BrClN. The first-order valence-electron chi connectivity index (χ1n) is 5.43. The summed E-state index contributed by atoms with van der Waals surface area (Å²) < 4.78 is 1.02. The summed E-state index contributed by atoms with van der Waals surface area (Å²) in [6, 6.07) is 16.3. The van der Waals surface area contributed by atoms with Gasteiger partial charge in [0, 0.05) is 15.5 Å². The van der Waals surface area contributed by atoms with E-state index >= 15 is 0 Å². The first-order valence-corrected chi connectivity index (χ1v) is 6.60. The van der Waals surface area contributed by atoms with Gasteiger partial charge in [0.25, 0.3) is 0 Å². The molecule has 0 spiro atoms. The zero-order valence-electron chi connectivity index (χ0n) is 9.45. The second-order valence-corrected chi connectivity index (χ2v) is 5.19. The predicted octanol–water partition coefficient (Wildman–Crippen LogP) is 5.28. The van der Waals surface area contributed by atoms with Crippen LogP contribution in [0.15, 0.2) is 53.0 Å². The summed E-state index contributed by atoms with van der Waals surface area (Å²) in [5.41, 5.74) is 2.26. The van der Waals surface area contributed by atoms with Gasteiger partial charge in [-0.25, -0.2) is 0 Å². The molecule has 2 aromatic rings. The third-order valence-corrected chi connectivity index (χ3v) is 3.53. The topological polar surface area (TPSA) is 12.0 Å². The van der Waals surface area contributed by atoms with Crippen molar-refractivity contribution in [2.24, 2.45) is 0 Å². The molecule has 1 unspecified atom stereocenters. The highest BCUT2D eigenvalue weighted by Gasteiger charge is 2.07. The molecule has 0 radical (unpaired) electrons. The first-order chi connectivity index (χ1) is 8.16. The van der Waals surface area contributed by atoms with Crippen LogP contribution in [0.1, 0.15) is 18.5 Å². The molecule has 0 aromatic heterocycles. The van der Waals surface area contributed by atoms with Gasteiger partial charge in [-0.2, -0.15) is 0 Å². The van der Waals surface area contributed by atoms with Crippen molar-refractivity contribution in [2.75, 3.05) is 5.32 Å². The molecule has 17 heavy (non-hydrogen) atoms.